The zero-order valence-electron chi connectivity index (χ0n) is 13.3. The van der Waals surface area contributed by atoms with E-state index in [1.54, 1.807) is 18.2 Å². The molecule has 0 spiro atoms. The van der Waals surface area contributed by atoms with Gasteiger partial charge in [-0.1, -0.05) is 30.3 Å². The molecule has 9 nitrogen and oxygen atoms in total. The zero-order valence-corrected chi connectivity index (χ0v) is 14.9. The third-order valence-corrected chi connectivity index (χ3v) is 5.49. The van der Waals surface area contributed by atoms with Gasteiger partial charge in [-0.3, -0.25) is 0 Å². The first-order chi connectivity index (χ1) is 12.1. The maximum Gasteiger partial charge on any atom is 0.456 e. The van der Waals surface area contributed by atoms with Crippen LogP contribution < -0.4 is 5.48 Å². The largest absolute Gasteiger partial charge is 0.456 e. The third kappa shape index (κ3) is 4.80. The van der Waals surface area contributed by atoms with Crippen molar-refractivity contribution in [1.82, 2.24) is 5.48 Å². The molecule has 0 saturated heterocycles. The second kappa shape index (κ2) is 7.54. The van der Waals surface area contributed by atoms with Crippen molar-refractivity contribution in [2.45, 2.75) is 9.79 Å². The highest BCUT2D eigenvalue weighted by Crippen LogP contribution is 2.22. The molecule has 2 aromatic rings. The molecule has 0 saturated carbocycles. The van der Waals surface area contributed by atoms with Crippen LogP contribution in [0.15, 0.2) is 64.4 Å². The quantitative estimate of drug-likeness (QED) is 0.600. The lowest BCUT2D eigenvalue weighted by molar-refractivity contribution is 0.0278. The number of hydrogen-bond donors (Lipinski definition) is 1. The standard InChI is InChI=1S/C15H13NO8S2/c1-25(19,20)12-9-5-6-10-13(12)26(21,22)24-15(18)16-23-14(17)11-7-3-2-4-8-11/h2-10H,1H3,(H,16,18). The minimum Gasteiger partial charge on any atom is -0.332 e. The fourth-order valence-corrected chi connectivity index (χ4v) is 4.25. The van der Waals surface area contributed by atoms with Gasteiger partial charge in [0.1, 0.15) is 4.90 Å². The molecule has 26 heavy (non-hydrogen) atoms. The van der Waals surface area contributed by atoms with Crippen LogP contribution in [0.5, 0.6) is 0 Å². The van der Waals surface area contributed by atoms with Gasteiger partial charge in [0.15, 0.2) is 9.84 Å². The van der Waals surface area contributed by atoms with Crippen molar-refractivity contribution in [3.8, 4) is 0 Å². The van der Waals surface area contributed by atoms with Crippen LogP contribution in [-0.2, 0) is 29.0 Å². The maximum atomic E-state index is 12.1. The third-order valence-electron chi connectivity index (χ3n) is 2.94. The Morgan fingerprint density at radius 3 is 1.96 bits per heavy atom. The van der Waals surface area contributed by atoms with E-state index in [1.165, 1.54) is 29.7 Å². The SMILES string of the molecule is CS(=O)(=O)c1ccccc1S(=O)(=O)OC(=O)NOC(=O)c1ccccc1. The number of nitrogens with one attached hydrogen (secondary N) is 1. The van der Waals surface area contributed by atoms with Crippen molar-refractivity contribution in [3.05, 3.63) is 60.2 Å². The fourth-order valence-electron chi connectivity index (χ4n) is 1.85. The number of sulfone groups is 1. The van der Waals surface area contributed by atoms with Crippen LogP contribution in [0.25, 0.3) is 0 Å². The average Bonchev–Trinajstić information content (AvgIpc) is 2.59. The first-order valence-corrected chi connectivity index (χ1v) is 10.2. The van der Waals surface area contributed by atoms with Gasteiger partial charge in [0.25, 0.3) is 0 Å². The number of hydrogen-bond acceptors (Lipinski definition) is 8. The van der Waals surface area contributed by atoms with E-state index < -0.39 is 41.8 Å². The van der Waals surface area contributed by atoms with E-state index >= 15 is 0 Å². The maximum absolute atomic E-state index is 12.1. The Kier molecular flexibility index (Phi) is 5.63. The van der Waals surface area contributed by atoms with E-state index in [4.69, 9.17) is 0 Å². The van der Waals surface area contributed by atoms with Gasteiger partial charge in [0, 0.05) is 6.26 Å². The molecule has 0 aliphatic heterocycles. The van der Waals surface area contributed by atoms with Crippen molar-refractivity contribution in [1.29, 1.82) is 0 Å². The highest BCUT2D eigenvalue weighted by molar-refractivity contribution is 7.92. The summed E-state index contributed by atoms with van der Waals surface area (Å²) < 4.78 is 51.8. The summed E-state index contributed by atoms with van der Waals surface area (Å²) in [6.07, 6.45) is -0.805. The van der Waals surface area contributed by atoms with Gasteiger partial charge in [0.05, 0.1) is 10.5 Å². The Labute approximate surface area is 149 Å². The number of amides is 1. The Bertz CT molecular complexity index is 1030. The summed E-state index contributed by atoms with van der Waals surface area (Å²) in [5, 5.41) is 0. The number of carbonyl (C=O) groups is 2. The number of benzene rings is 2. The number of rotatable bonds is 4. The molecule has 11 heteroatoms. The van der Waals surface area contributed by atoms with E-state index in [9.17, 15) is 26.4 Å². The molecule has 0 atom stereocenters. The number of hydroxylamine groups is 1. The van der Waals surface area contributed by atoms with Crippen molar-refractivity contribution < 1.29 is 35.4 Å². The second-order valence-electron chi connectivity index (χ2n) is 4.90. The van der Waals surface area contributed by atoms with Crippen LogP contribution in [0.2, 0.25) is 0 Å². The molecule has 2 aromatic carbocycles. The summed E-state index contributed by atoms with van der Waals surface area (Å²) in [4.78, 5) is 26.4. The summed E-state index contributed by atoms with van der Waals surface area (Å²) >= 11 is 0. The molecule has 1 N–H and O–H groups in total. The minimum atomic E-state index is -4.77. The molecular weight excluding hydrogens is 386 g/mol. The minimum absolute atomic E-state index is 0.109. The van der Waals surface area contributed by atoms with Crippen LogP contribution >= 0.6 is 0 Å². The first-order valence-electron chi connectivity index (χ1n) is 6.91. The van der Waals surface area contributed by atoms with E-state index in [0.29, 0.717) is 0 Å². The molecule has 0 unspecified atom stereocenters. The van der Waals surface area contributed by atoms with Crippen molar-refractivity contribution in [2.75, 3.05) is 6.26 Å². The molecule has 0 fully saturated rings. The Hall–Kier alpha value is -2.92. The highest BCUT2D eigenvalue weighted by Gasteiger charge is 2.27. The van der Waals surface area contributed by atoms with Gasteiger partial charge in [-0.15, -0.1) is 5.48 Å². The summed E-state index contributed by atoms with van der Waals surface area (Å²) in [5.74, 6) is -0.948. The Balaban J connectivity index is 2.11. The van der Waals surface area contributed by atoms with Crippen LogP contribution in [0.3, 0.4) is 0 Å². The molecule has 0 radical (unpaired) electrons. The average molecular weight is 399 g/mol. The summed E-state index contributed by atoms with van der Waals surface area (Å²) in [6.45, 7) is 0. The van der Waals surface area contributed by atoms with E-state index in [0.717, 1.165) is 18.4 Å². The van der Waals surface area contributed by atoms with Crippen molar-refractivity contribution in [3.63, 3.8) is 0 Å². The van der Waals surface area contributed by atoms with Gasteiger partial charge < -0.3 is 9.02 Å². The lowest BCUT2D eigenvalue weighted by atomic mass is 10.2. The molecule has 0 aliphatic rings. The monoisotopic (exact) mass is 399 g/mol. The van der Waals surface area contributed by atoms with Gasteiger partial charge in [-0.2, -0.15) is 8.42 Å². The molecular formula is C15H13NO8S2. The second-order valence-corrected chi connectivity index (χ2v) is 8.40. The molecule has 138 valence electrons. The van der Waals surface area contributed by atoms with Gasteiger partial charge in [0.2, 0.25) is 0 Å². The van der Waals surface area contributed by atoms with Gasteiger partial charge >= 0.3 is 22.2 Å². The van der Waals surface area contributed by atoms with E-state index in [2.05, 4.69) is 9.02 Å². The first kappa shape index (κ1) is 19.4. The Morgan fingerprint density at radius 1 is 0.846 bits per heavy atom. The van der Waals surface area contributed by atoms with Crippen LogP contribution in [0.4, 0.5) is 4.79 Å². The van der Waals surface area contributed by atoms with E-state index in [-0.39, 0.29) is 5.56 Å². The van der Waals surface area contributed by atoms with Crippen LogP contribution in [-0.4, -0.2) is 35.2 Å². The highest BCUT2D eigenvalue weighted by atomic mass is 32.2. The number of carbonyl (C=O) groups excluding carboxylic acids is 2. The Morgan fingerprint density at radius 2 is 1.38 bits per heavy atom. The predicted octanol–water partition coefficient (Wildman–Crippen LogP) is 1.28. The molecule has 0 bridgehead atoms. The molecule has 0 aliphatic carbocycles. The smallest absolute Gasteiger partial charge is 0.332 e. The van der Waals surface area contributed by atoms with Gasteiger partial charge in [-0.05, 0) is 24.3 Å². The van der Waals surface area contributed by atoms with Crippen molar-refractivity contribution in [2.24, 2.45) is 0 Å². The molecule has 0 heterocycles. The predicted molar refractivity (Wildman–Crippen MR) is 88.2 cm³/mol. The lowest BCUT2D eigenvalue weighted by Gasteiger charge is -2.10. The normalized spacial score (nSPS) is 11.4. The molecule has 0 aromatic heterocycles. The van der Waals surface area contributed by atoms with Crippen LogP contribution in [0.1, 0.15) is 10.4 Å². The topological polar surface area (TPSA) is 133 Å². The van der Waals surface area contributed by atoms with Gasteiger partial charge in [-0.25, -0.2) is 18.0 Å². The zero-order chi connectivity index (χ0) is 19.4. The van der Waals surface area contributed by atoms with Crippen molar-refractivity contribution >= 4 is 32.0 Å². The summed E-state index contributed by atoms with van der Waals surface area (Å²) in [7, 11) is -8.66. The molecule has 1 amide bonds. The van der Waals surface area contributed by atoms with Crippen LogP contribution in [0, 0.1) is 0 Å². The fraction of sp³-hybridized carbons (Fsp3) is 0.0667. The summed E-state index contributed by atoms with van der Waals surface area (Å²) in [5.41, 5.74) is 1.64. The summed E-state index contributed by atoms with van der Waals surface area (Å²) in [6, 6.07) is 12.2. The lowest BCUT2D eigenvalue weighted by Crippen LogP contribution is -2.30. The van der Waals surface area contributed by atoms with E-state index in [1.807, 2.05) is 0 Å². The molecule has 2 rings (SSSR count).